The highest BCUT2D eigenvalue weighted by Gasteiger charge is 1.92. The molecule has 0 unspecified atom stereocenters. The lowest BCUT2D eigenvalue weighted by molar-refractivity contribution is 0.794. The van der Waals surface area contributed by atoms with Crippen molar-refractivity contribution in [3.63, 3.8) is 0 Å². The zero-order chi connectivity index (χ0) is 10.8. The molecule has 0 spiro atoms. The third-order valence-electron chi connectivity index (χ3n) is 2.25. The molecule has 0 nitrogen and oxygen atoms in total. The molecule has 0 aliphatic rings. The van der Waals surface area contributed by atoms with Crippen molar-refractivity contribution in [2.75, 3.05) is 0 Å². The van der Waals surface area contributed by atoms with Crippen LogP contribution in [0.25, 0.3) is 0 Å². The van der Waals surface area contributed by atoms with Crippen molar-refractivity contribution in [3.8, 4) is 0 Å². The highest BCUT2D eigenvalue weighted by molar-refractivity contribution is 5.22. The molecule has 0 saturated carbocycles. The van der Waals surface area contributed by atoms with Crippen LogP contribution in [0.3, 0.4) is 0 Å². The SMILES string of the molecule is C.CC.CCCCc1ccc(CC)cc1. The van der Waals surface area contributed by atoms with Gasteiger partial charge in [-0.15, -0.1) is 0 Å². The van der Waals surface area contributed by atoms with Gasteiger partial charge in [0.25, 0.3) is 0 Å². The fourth-order valence-electron chi connectivity index (χ4n) is 1.32. The lowest BCUT2D eigenvalue weighted by Gasteiger charge is -2.00. The second kappa shape index (κ2) is 11.3. The van der Waals surface area contributed by atoms with E-state index in [2.05, 4.69) is 38.1 Å². The van der Waals surface area contributed by atoms with Gasteiger partial charge in [0.05, 0.1) is 0 Å². The predicted octanol–water partition coefficient (Wildman–Crippen LogP) is 5.25. The molecule has 0 bridgehead atoms. The Morgan fingerprint density at radius 3 is 1.73 bits per heavy atom. The number of hydrogen-bond acceptors (Lipinski definition) is 0. The monoisotopic (exact) mass is 208 g/mol. The zero-order valence-electron chi connectivity index (χ0n) is 10.1. The number of benzene rings is 1. The molecule has 15 heavy (non-hydrogen) atoms. The lowest BCUT2D eigenvalue weighted by Crippen LogP contribution is -1.85. The van der Waals surface area contributed by atoms with E-state index in [0.717, 1.165) is 6.42 Å². The van der Waals surface area contributed by atoms with Crippen LogP contribution in [-0.4, -0.2) is 0 Å². The maximum Gasteiger partial charge on any atom is -0.0279 e. The Kier molecular flexibility index (Phi) is 12.5. The molecule has 0 aliphatic carbocycles. The van der Waals surface area contributed by atoms with Crippen LogP contribution in [0.5, 0.6) is 0 Å². The summed E-state index contributed by atoms with van der Waals surface area (Å²) in [5.41, 5.74) is 2.92. The van der Waals surface area contributed by atoms with Gasteiger partial charge in [-0.25, -0.2) is 0 Å². The number of unbranched alkanes of at least 4 members (excludes halogenated alkanes) is 1. The largest absolute Gasteiger partial charge is 0.0776 e. The smallest absolute Gasteiger partial charge is 0.0279 e. The Hall–Kier alpha value is -0.780. The fourth-order valence-corrected chi connectivity index (χ4v) is 1.32. The fraction of sp³-hybridized carbons (Fsp3) is 0.600. The quantitative estimate of drug-likeness (QED) is 0.633. The first-order valence-corrected chi connectivity index (χ1v) is 5.94. The highest BCUT2D eigenvalue weighted by Crippen LogP contribution is 2.07. The Morgan fingerprint density at radius 1 is 0.867 bits per heavy atom. The molecular formula is C15H28. The minimum absolute atomic E-state index is 0. The van der Waals surface area contributed by atoms with E-state index in [9.17, 15) is 0 Å². The van der Waals surface area contributed by atoms with Crippen LogP contribution in [0.1, 0.15) is 59.1 Å². The summed E-state index contributed by atoms with van der Waals surface area (Å²) in [6, 6.07) is 9.00. The zero-order valence-corrected chi connectivity index (χ0v) is 10.1. The topological polar surface area (TPSA) is 0 Å². The molecule has 0 aromatic heterocycles. The van der Waals surface area contributed by atoms with E-state index >= 15 is 0 Å². The van der Waals surface area contributed by atoms with Gasteiger partial charge in [0.1, 0.15) is 0 Å². The van der Waals surface area contributed by atoms with Gasteiger partial charge >= 0.3 is 0 Å². The van der Waals surface area contributed by atoms with Crippen molar-refractivity contribution < 1.29 is 0 Å². The van der Waals surface area contributed by atoms with E-state index in [1.54, 1.807) is 0 Å². The van der Waals surface area contributed by atoms with Gasteiger partial charge in [-0.05, 0) is 30.4 Å². The summed E-state index contributed by atoms with van der Waals surface area (Å²) in [5, 5.41) is 0. The summed E-state index contributed by atoms with van der Waals surface area (Å²) in [6.45, 7) is 8.43. The summed E-state index contributed by atoms with van der Waals surface area (Å²) in [4.78, 5) is 0. The van der Waals surface area contributed by atoms with Gasteiger partial charge in [-0.1, -0.05) is 65.8 Å². The maximum atomic E-state index is 2.26. The molecule has 1 rings (SSSR count). The molecule has 0 radical (unpaired) electrons. The normalized spacial score (nSPS) is 8.53. The van der Waals surface area contributed by atoms with Crippen LogP contribution in [0, 0.1) is 0 Å². The molecule has 0 fully saturated rings. The second-order valence-electron chi connectivity index (χ2n) is 3.27. The molecule has 0 saturated heterocycles. The molecule has 0 heterocycles. The minimum atomic E-state index is 0. The van der Waals surface area contributed by atoms with Gasteiger partial charge in [-0.2, -0.15) is 0 Å². The molecule has 0 aliphatic heterocycles. The standard InChI is InChI=1S/C12H18.C2H6.CH4/c1-3-5-6-12-9-7-11(4-2)8-10-12;1-2;/h7-10H,3-6H2,1-2H3;1-2H3;1H4. The first-order chi connectivity index (χ1) is 6.86. The Balaban J connectivity index is 0. The lowest BCUT2D eigenvalue weighted by atomic mass is 10.1. The van der Waals surface area contributed by atoms with Gasteiger partial charge in [0.2, 0.25) is 0 Å². The van der Waals surface area contributed by atoms with Crippen molar-refractivity contribution in [2.24, 2.45) is 0 Å². The van der Waals surface area contributed by atoms with Crippen LogP contribution in [0.4, 0.5) is 0 Å². The average Bonchev–Trinajstić information content (AvgIpc) is 2.30. The Bertz CT molecular complexity index is 208. The third kappa shape index (κ3) is 7.18. The Labute approximate surface area is 96.7 Å². The average molecular weight is 208 g/mol. The van der Waals surface area contributed by atoms with Crippen molar-refractivity contribution in [2.45, 2.75) is 60.8 Å². The van der Waals surface area contributed by atoms with Crippen LogP contribution in [-0.2, 0) is 12.8 Å². The van der Waals surface area contributed by atoms with E-state index in [0.29, 0.717) is 0 Å². The first-order valence-electron chi connectivity index (χ1n) is 5.94. The van der Waals surface area contributed by atoms with Gasteiger partial charge in [0.15, 0.2) is 0 Å². The van der Waals surface area contributed by atoms with Crippen LogP contribution in [0.15, 0.2) is 24.3 Å². The van der Waals surface area contributed by atoms with Gasteiger partial charge in [-0.3, -0.25) is 0 Å². The summed E-state index contributed by atoms with van der Waals surface area (Å²) in [6.07, 6.45) is 4.98. The number of rotatable bonds is 4. The minimum Gasteiger partial charge on any atom is -0.0776 e. The second-order valence-corrected chi connectivity index (χ2v) is 3.27. The van der Waals surface area contributed by atoms with Crippen molar-refractivity contribution in [1.29, 1.82) is 0 Å². The summed E-state index contributed by atoms with van der Waals surface area (Å²) < 4.78 is 0. The summed E-state index contributed by atoms with van der Waals surface area (Å²) in [5.74, 6) is 0. The van der Waals surface area contributed by atoms with E-state index < -0.39 is 0 Å². The first kappa shape index (κ1) is 16.6. The van der Waals surface area contributed by atoms with Crippen LogP contribution < -0.4 is 0 Å². The van der Waals surface area contributed by atoms with Crippen molar-refractivity contribution in [3.05, 3.63) is 35.4 Å². The van der Waals surface area contributed by atoms with E-state index in [1.807, 2.05) is 13.8 Å². The molecule has 0 amide bonds. The van der Waals surface area contributed by atoms with Gasteiger partial charge < -0.3 is 0 Å². The molecule has 0 atom stereocenters. The molecule has 0 N–H and O–H groups in total. The van der Waals surface area contributed by atoms with Crippen LogP contribution >= 0.6 is 0 Å². The third-order valence-corrected chi connectivity index (χ3v) is 2.25. The number of aryl methyl sites for hydroxylation is 2. The maximum absolute atomic E-state index is 2.26. The predicted molar refractivity (Wildman–Crippen MR) is 72.5 cm³/mol. The molecule has 0 heteroatoms. The van der Waals surface area contributed by atoms with E-state index in [-0.39, 0.29) is 7.43 Å². The highest BCUT2D eigenvalue weighted by atomic mass is 14.0. The summed E-state index contributed by atoms with van der Waals surface area (Å²) >= 11 is 0. The molecule has 1 aromatic rings. The van der Waals surface area contributed by atoms with Gasteiger partial charge in [0, 0.05) is 0 Å². The van der Waals surface area contributed by atoms with Crippen molar-refractivity contribution >= 4 is 0 Å². The van der Waals surface area contributed by atoms with E-state index in [4.69, 9.17) is 0 Å². The molecular weight excluding hydrogens is 180 g/mol. The van der Waals surface area contributed by atoms with Crippen molar-refractivity contribution in [1.82, 2.24) is 0 Å². The van der Waals surface area contributed by atoms with E-state index in [1.165, 1.54) is 30.4 Å². The summed E-state index contributed by atoms with van der Waals surface area (Å²) in [7, 11) is 0. The van der Waals surface area contributed by atoms with Crippen LogP contribution in [0.2, 0.25) is 0 Å². The number of hydrogen-bond donors (Lipinski definition) is 0. The molecule has 88 valence electrons. The molecule has 1 aromatic carbocycles. The Morgan fingerprint density at radius 2 is 1.33 bits per heavy atom.